The number of rotatable bonds is 7. The second-order valence-corrected chi connectivity index (χ2v) is 6.62. The number of ether oxygens (including phenoxy) is 2. The molecule has 0 spiro atoms. The fourth-order valence-electron chi connectivity index (χ4n) is 2.75. The highest BCUT2D eigenvalue weighted by Gasteiger charge is 2.49. The molecule has 21 heavy (non-hydrogen) atoms. The third-order valence-corrected chi connectivity index (χ3v) is 4.51. The Morgan fingerprint density at radius 3 is 2.71 bits per heavy atom. The third kappa shape index (κ3) is 3.64. The van der Waals surface area contributed by atoms with Crippen molar-refractivity contribution in [2.45, 2.75) is 52.7 Å². The molecule has 4 heteroatoms. The molecule has 0 heterocycles. The molecule has 2 rings (SSSR count). The van der Waals surface area contributed by atoms with E-state index in [-0.39, 0.29) is 5.41 Å². The van der Waals surface area contributed by atoms with Crippen LogP contribution in [0, 0.1) is 5.41 Å². The van der Waals surface area contributed by atoms with Crippen LogP contribution in [-0.2, 0) is 4.74 Å². The summed E-state index contributed by atoms with van der Waals surface area (Å²) in [6, 6.07) is 6.12. The van der Waals surface area contributed by atoms with Gasteiger partial charge in [0, 0.05) is 23.1 Å². The monoisotopic (exact) mass is 311 g/mol. The Hall–Kier alpha value is -0.930. The van der Waals surface area contributed by atoms with Crippen LogP contribution in [0.15, 0.2) is 18.2 Å². The van der Waals surface area contributed by atoms with Crippen molar-refractivity contribution >= 4 is 17.3 Å². The lowest BCUT2D eigenvalue weighted by atomic mass is 9.64. The zero-order valence-corrected chi connectivity index (χ0v) is 14.2. The first-order chi connectivity index (χ1) is 9.98. The highest BCUT2D eigenvalue weighted by Crippen LogP contribution is 2.45. The first-order valence-electron chi connectivity index (χ1n) is 7.79. The molecule has 1 aromatic rings. The van der Waals surface area contributed by atoms with E-state index in [1.165, 1.54) is 0 Å². The van der Waals surface area contributed by atoms with Crippen LogP contribution in [0.5, 0.6) is 5.75 Å². The van der Waals surface area contributed by atoms with Crippen LogP contribution in [0.25, 0.3) is 0 Å². The van der Waals surface area contributed by atoms with Crippen LogP contribution in [0.4, 0.5) is 5.69 Å². The van der Waals surface area contributed by atoms with Gasteiger partial charge in [-0.15, -0.1) is 0 Å². The molecule has 0 aliphatic heterocycles. The number of anilines is 1. The summed E-state index contributed by atoms with van der Waals surface area (Å²) in [4.78, 5) is 0. The molecule has 0 aromatic heterocycles. The molecule has 1 fully saturated rings. The van der Waals surface area contributed by atoms with E-state index < -0.39 is 0 Å². The number of hydrogen-bond donors (Lipinski definition) is 1. The summed E-state index contributed by atoms with van der Waals surface area (Å²) in [5.74, 6) is 0.872. The summed E-state index contributed by atoms with van der Waals surface area (Å²) in [5.41, 5.74) is 1.09. The molecule has 1 saturated carbocycles. The average molecular weight is 312 g/mol. The van der Waals surface area contributed by atoms with Crippen LogP contribution in [0.3, 0.4) is 0 Å². The first-order valence-corrected chi connectivity index (χ1v) is 8.17. The highest BCUT2D eigenvalue weighted by molar-refractivity contribution is 6.30. The molecule has 0 bridgehead atoms. The molecule has 0 amide bonds. The van der Waals surface area contributed by atoms with Crippen LogP contribution in [0.1, 0.15) is 40.5 Å². The van der Waals surface area contributed by atoms with Gasteiger partial charge in [0.25, 0.3) is 0 Å². The Morgan fingerprint density at radius 2 is 2.10 bits per heavy atom. The Morgan fingerprint density at radius 1 is 1.33 bits per heavy atom. The third-order valence-electron chi connectivity index (χ3n) is 4.28. The van der Waals surface area contributed by atoms with E-state index in [0.29, 0.717) is 18.8 Å². The maximum absolute atomic E-state index is 6.12. The Balaban J connectivity index is 2.07. The van der Waals surface area contributed by atoms with Crippen molar-refractivity contribution < 1.29 is 9.47 Å². The van der Waals surface area contributed by atoms with Crippen molar-refractivity contribution in [2.75, 3.05) is 18.5 Å². The molecule has 1 aromatic carbocycles. The molecule has 3 nitrogen and oxygen atoms in total. The Kier molecular flexibility index (Phi) is 5.39. The standard InChI is InChI=1S/C17H26ClNO2/c1-5-9-21-14-8-7-12(18)10-13(14)19-15-11-16(20-6-2)17(15,3)4/h7-8,10,15-16,19H,5-6,9,11H2,1-4H3. The molecular weight excluding hydrogens is 286 g/mol. The quantitative estimate of drug-likeness (QED) is 0.788. The summed E-state index contributed by atoms with van der Waals surface area (Å²) < 4.78 is 11.6. The predicted octanol–water partition coefficient (Wildman–Crippen LogP) is 4.74. The Bertz CT molecular complexity index is 476. The summed E-state index contributed by atoms with van der Waals surface area (Å²) >= 11 is 6.12. The zero-order chi connectivity index (χ0) is 15.5. The van der Waals surface area contributed by atoms with Gasteiger partial charge in [0.05, 0.1) is 18.4 Å². The molecule has 118 valence electrons. The van der Waals surface area contributed by atoms with E-state index in [4.69, 9.17) is 21.1 Å². The van der Waals surface area contributed by atoms with Gasteiger partial charge >= 0.3 is 0 Å². The first kappa shape index (κ1) is 16.4. The topological polar surface area (TPSA) is 30.5 Å². The summed E-state index contributed by atoms with van der Waals surface area (Å²) in [6.07, 6.45) is 2.32. The van der Waals surface area contributed by atoms with Crippen LogP contribution < -0.4 is 10.1 Å². The van der Waals surface area contributed by atoms with E-state index in [1.54, 1.807) is 0 Å². The molecule has 2 atom stereocenters. The van der Waals surface area contributed by atoms with Crippen LogP contribution in [-0.4, -0.2) is 25.4 Å². The van der Waals surface area contributed by atoms with E-state index in [0.717, 1.165) is 35.9 Å². The van der Waals surface area contributed by atoms with Gasteiger partial charge in [-0.05, 0) is 38.0 Å². The highest BCUT2D eigenvalue weighted by atomic mass is 35.5. The molecule has 0 saturated heterocycles. The van der Waals surface area contributed by atoms with Gasteiger partial charge in [-0.1, -0.05) is 32.4 Å². The van der Waals surface area contributed by atoms with Crippen LogP contribution >= 0.6 is 11.6 Å². The van der Waals surface area contributed by atoms with E-state index >= 15 is 0 Å². The summed E-state index contributed by atoms with van der Waals surface area (Å²) in [7, 11) is 0. The van der Waals surface area contributed by atoms with Crippen molar-refractivity contribution in [1.82, 2.24) is 0 Å². The maximum Gasteiger partial charge on any atom is 0.142 e. The minimum Gasteiger partial charge on any atom is -0.491 e. The average Bonchev–Trinajstić information content (AvgIpc) is 2.45. The second kappa shape index (κ2) is 6.89. The fourth-order valence-corrected chi connectivity index (χ4v) is 2.93. The van der Waals surface area contributed by atoms with Gasteiger partial charge in [-0.3, -0.25) is 0 Å². The lowest BCUT2D eigenvalue weighted by Crippen LogP contribution is -2.58. The minimum atomic E-state index is 0.111. The number of hydrogen-bond acceptors (Lipinski definition) is 3. The van der Waals surface area contributed by atoms with Crippen molar-refractivity contribution in [1.29, 1.82) is 0 Å². The summed E-state index contributed by atoms with van der Waals surface area (Å²) in [5, 5.41) is 4.31. The molecule has 0 radical (unpaired) electrons. The normalized spacial score (nSPS) is 23.5. The molecule has 2 unspecified atom stereocenters. The van der Waals surface area contributed by atoms with E-state index in [1.807, 2.05) is 25.1 Å². The lowest BCUT2D eigenvalue weighted by molar-refractivity contribution is -0.0976. The van der Waals surface area contributed by atoms with Gasteiger partial charge < -0.3 is 14.8 Å². The molecular formula is C17H26ClNO2. The van der Waals surface area contributed by atoms with Crippen molar-refractivity contribution in [2.24, 2.45) is 5.41 Å². The molecule has 1 aliphatic rings. The van der Waals surface area contributed by atoms with Crippen LogP contribution in [0.2, 0.25) is 5.02 Å². The van der Waals surface area contributed by atoms with Gasteiger partial charge in [0.2, 0.25) is 0 Å². The Labute approximate surface area is 133 Å². The van der Waals surface area contributed by atoms with Gasteiger partial charge in [-0.25, -0.2) is 0 Å². The summed E-state index contributed by atoms with van der Waals surface area (Å²) in [6.45, 7) is 10.1. The van der Waals surface area contributed by atoms with Crippen molar-refractivity contribution in [3.05, 3.63) is 23.2 Å². The number of nitrogens with one attached hydrogen (secondary N) is 1. The minimum absolute atomic E-state index is 0.111. The van der Waals surface area contributed by atoms with Gasteiger partial charge in [0.15, 0.2) is 0 Å². The maximum atomic E-state index is 6.12. The predicted molar refractivity (Wildman–Crippen MR) is 88.5 cm³/mol. The SMILES string of the molecule is CCCOc1ccc(Cl)cc1NC1CC(OCC)C1(C)C. The van der Waals surface area contributed by atoms with Crippen molar-refractivity contribution in [3.8, 4) is 5.75 Å². The molecule has 1 N–H and O–H groups in total. The fraction of sp³-hybridized carbons (Fsp3) is 0.647. The smallest absolute Gasteiger partial charge is 0.142 e. The molecule has 1 aliphatic carbocycles. The van der Waals surface area contributed by atoms with E-state index in [2.05, 4.69) is 26.1 Å². The number of benzene rings is 1. The zero-order valence-electron chi connectivity index (χ0n) is 13.4. The van der Waals surface area contributed by atoms with Crippen molar-refractivity contribution in [3.63, 3.8) is 0 Å². The largest absolute Gasteiger partial charge is 0.491 e. The second-order valence-electron chi connectivity index (χ2n) is 6.19. The van der Waals surface area contributed by atoms with Gasteiger partial charge in [0.1, 0.15) is 5.75 Å². The van der Waals surface area contributed by atoms with E-state index in [9.17, 15) is 0 Å². The van der Waals surface area contributed by atoms with Gasteiger partial charge in [-0.2, -0.15) is 0 Å². The lowest BCUT2D eigenvalue weighted by Gasteiger charge is -2.52. The number of halogens is 1.